The quantitative estimate of drug-likeness (QED) is 0.932. The molecule has 1 fully saturated rings. The first kappa shape index (κ1) is 14.3. The molecule has 1 aliphatic rings. The molecule has 0 atom stereocenters. The fourth-order valence-corrected chi connectivity index (χ4v) is 2.32. The minimum absolute atomic E-state index is 0.148. The van der Waals surface area contributed by atoms with Crippen LogP contribution in [0.5, 0.6) is 0 Å². The number of carboxylic acid groups (broad SMARTS) is 1. The Balaban J connectivity index is 1.94. The van der Waals surface area contributed by atoms with E-state index in [1.54, 1.807) is 12.1 Å². The van der Waals surface area contributed by atoms with Gasteiger partial charge in [-0.25, -0.2) is 4.79 Å². The van der Waals surface area contributed by atoms with Gasteiger partial charge in [-0.1, -0.05) is 12.1 Å². The second-order valence-electron chi connectivity index (χ2n) is 4.98. The molecular formula is C16H15NO5. The Morgan fingerprint density at radius 3 is 2.41 bits per heavy atom. The Kier molecular flexibility index (Phi) is 3.93. The molecule has 0 saturated carbocycles. The number of ether oxygens (including phenoxy) is 1. The predicted molar refractivity (Wildman–Crippen MR) is 80.4 cm³/mol. The maximum atomic E-state index is 11.9. The average molecular weight is 301 g/mol. The topological polar surface area (TPSA) is 80.0 Å². The highest BCUT2D eigenvalue weighted by atomic mass is 16.5. The van der Waals surface area contributed by atoms with Crippen molar-refractivity contribution >= 4 is 11.9 Å². The van der Waals surface area contributed by atoms with Crippen molar-refractivity contribution < 1.29 is 19.1 Å². The van der Waals surface area contributed by atoms with Gasteiger partial charge in [-0.2, -0.15) is 0 Å². The highest BCUT2D eigenvalue weighted by Gasteiger charge is 2.15. The Hall–Kier alpha value is -2.60. The molecule has 22 heavy (non-hydrogen) atoms. The van der Waals surface area contributed by atoms with Crippen molar-refractivity contribution in [3.8, 4) is 11.3 Å². The molecule has 2 aromatic rings. The van der Waals surface area contributed by atoms with Gasteiger partial charge < -0.3 is 19.2 Å². The molecule has 1 saturated heterocycles. The third-order valence-corrected chi connectivity index (χ3v) is 3.49. The fourth-order valence-electron chi connectivity index (χ4n) is 2.32. The number of carboxylic acids is 1. The van der Waals surface area contributed by atoms with Gasteiger partial charge >= 0.3 is 5.97 Å². The van der Waals surface area contributed by atoms with Crippen molar-refractivity contribution in [3.05, 3.63) is 52.2 Å². The van der Waals surface area contributed by atoms with Gasteiger partial charge in [0.25, 0.3) is 0 Å². The third kappa shape index (κ3) is 3.01. The van der Waals surface area contributed by atoms with Crippen molar-refractivity contribution in [1.82, 2.24) is 0 Å². The van der Waals surface area contributed by atoms with E-state index < -0.39 is 5.97 Å². The summed E-state index contributed by atoms with van der Waals surface area (Å²) in [4.78, 5) is 24.7. The van der Waals surface area contributed by atoms with Crippen molar-refractivity contribution in [2.24, 2.45) is 0 Å². The molecule has 6 heteroatoms. The van der Waals surface area contributed by atoms with Gasteiger partial charge in [0.1, 0.15) is 5.76 Å². The number of hydrogen-bond acceptors (Lipinski definition) is 5. The number of morpholine rings is 1. The molecule has 0 spiro atoms. The summed E-state index contributed by atoms with van der Waals surface area (Å²) < 4.78 is 11.1. The lowest BCUT2D eigenvalue weighted by Gasteiger charge is -2.27. The lowest BCUT2D eigenvalue weighted by molar-refractivity contribution is 0.0697. The smallest absolute Gasteiger partial charge is 0.335 e. The Morgan fingerprint density at radius 2 is 1.77 bits per heavy atom. The highest BCUT2D eigenvalue weighted by Crippen LogP contribution is 2.24. The Morgan fingerprint density at radius 1 is 1.09 bits per heavy atom. The predicted octanol–water partition coefficient (Wildman–Crippen LogP) is 1.84. The second kappa shape index (κ2) is 6.03. The van der Waals surface area contributed by atoms with E-state index in [2.05, 4.69) is 0 Å². The van der Waals surface area contributed by atoms with Gasteiger partial charge in [0, 0.05) is 30.8 Å². The monoisotopic (exact) mass is 301 g/mol. The van der Waals surface area contributed by atoms with Crippen LogP contribution < -0.4 is 10.3 Å². The molecule has 0 amide bonds. The Labute approximate surface area is 126 Å². The van der Waals surface area contributed by atoms with Crippen molar-refractivity contribution in [2.75, 3.05) is 31.2 Å². The van der Waals surface area contributed by atoms with Crippen LogP contribution in [0.25, 0.3) is 11.3 Å². The molecule has 1 aliphatic heterocycles. The number of nitrogens with zero attached hydrogens (tertiary/aromatic N) is 1. The number of anilines is 1. The molecule has 1 aromatic carbocycles. The first-order valence-electron chi connectivity index (χ1n) is 6.95. The number of rotatable bonds is 3. The standard InChI is InChI=1S/C16H15NO5/c18-13-9-14(11-1-3-12(4-2-11)16(19)20)22-15(10-13)17-5-7-21-8-6-17/h1-4,9-10H,5-8H2,(H,19,20). The molecule has 0 aliphatic carbocycles. The minimum Gasteiger partial charge on any atom is -0.478 e. The SMILES string of the molecule is O=C(O)c1ccc(-c2cc(=O)cc(N3CCOCC3)o2)cc1. The molecule has 1 N–H and O–H groups in total. The highest BCUT2D eigenvalue weighted by molar-refractivity contribution is 5.88. The van der Waals surface area contributed by atoms with Crippen LogP contribution in [-0.2, 0) is 4.74 Å². The van der Waals surface area contributed by atoms with E-state index in [4.69, 9.17) is 14.3 Å². The zero-order valence-electron chi connectivity index (χ0n) is 11.8. The molecule has 1 aromatic heterocycles. The molecule has 0 bridgehead atoms. The second-order valence-corrected chi connectivity index (χ2v) is 4.98. The van der Waals surface area contributed by atoms with E-state index >= 15 is 0 Å². The first-order valence-corrected chi connectivity index (χ1v) is 6.95. The summed E-state index contributed by atoms with van der Waals surface area (Å²) in [6, 6.07) is 9.09. The van der Waals surface area contributed by atoms with Crippen LogP contribution in [0, 0.1) is 0 Å². The van der Waals surface area contributed by atoms with Crippen molar-refractivity contribution in [3.63, 3.8) is 0 Å². The summed E-state index contributed by atoms with van der Waals surface area (Å²) in [5.41, 5.74) is 0.706. The molecule has 6 nitrogen and oxygen atoms in total. The summed E-state index contributed by atoms with van der Waals surface area (Å²) in [5, 5.41) is 8.91. The zero-order valence-corrected chi connectivity index (χ0v) is 11.8. The third-order valence-electron chi connectivity index (χ3n) is 3.49. The van der Waals surface area contributed by atoms with E-state index in [-0.39, 0.29) is 11.0 Å². The van der Waals surface area contributed by atoms with Gasteiger partial charge in [0.2, 0.25) is 0 Å². The number of aromatic carboxylic acids is 1. The van der Waals surface area contributed by atoms with Crippen LogP contribution >= 0.6 is 0 Å². The van der Waals surface area contributed by atoms with Crippen molar-refractivity contribution in [2.45, 2.75) is 0 Å². The fraction of sp³-hybridized carbons (Fsp3) is 0.250. The summed E-state index contributed by atoms with van der Waals surface area (Å²) in [6.07, 6.45) is 0. The van der Waals surface area contributed by atoms with E-state index in [1.807, 2.05) is 4.90 Å². The maximum absolute atomic E-state index is 11.9. The molecular weight excluding hydrogens is 286 g/mol. The van der Waals surface area contributed by atoms with Gasteiger partial charge in [-0.15, -0.1) is 0 Å². The lowest BCUT2D eigenvalue weighted by Crippen LogP contribution is -2.36. The van der Waals surface area contributed by atoms with Crippen LogP contribution in [-0.4, -0.2) is 37.4 Å². The first-order chi connectivity index (χ1) is 10.6. The van der Waals surface area contributed by atoms with Crippen LogP contribution in [0.2, 0.25) is 0 Å². The van der Waals surface area contributed by atoms with Crippen LogP contribution in [0.4, 0.5) is 5.88 Å². The number of benzene rings is 1. The molecule has 3 rings (SSSR count). The van der Waals surface area contributed by atoms with E-state index in [0.717, 1.165) is 0 Å². The van der Waals surface area contributed by atoms with E-state index in [1.165, 1.54) is 24.3 Å². The van der Waals surface area contributed by atoms with E-state index in [9.17, 15) is 9.59 Å². The Bertz CT molecular complexity index is 729. The van der Waals surface area contributed by atoms with Crippen LogP contribution in [0.15, 0.2) is 45.6 Å². The zero-order chi connectivity index (χ0) is 15.5. The van der Waals surface area contributed by atoms with Crippen LogP contribution in [0.3, 0.4) is 0 Å². The number of carbonyl (C=O) groups is 1. The van der Waals surface area contributed by atoms with Crippen LogP contribution in [0.1, 0.15) is 10.4 Å². The summed E-state index contributed by atoms with van der Waals surface area (Å²) in [5.74, 6) is -0.0610. The lowest BCUT2D eigenvalue weighted by atomic mass is 10.1. The molecule has 0 radical (unpaired) electrons. The van der Waals surface area contributed by atoms with Gasteiger partial charge in [0.15, 0.2) is 11.3 Å². The largest absolute Gasteiger partial charge is 0.478 e. The van der Waals surface area contributed by atoms with Gasteiger partial charge in [0.05, 0.1) is 18.8 Å². The van der Waals surface area contributed by atoms with E-state index in [0.29, 0.717) is 43.5 Å². The normalized spacial score (nSPS) is 14.8. The molecule has 114 valence electrons. The summed E-state index contributed by atoms with van der Waals surface area (Å²) in [6.45, 7) is 2.54. The minimum atomic E-state index is -0.991. The summed E-state index contributed by atoms with van der Waals surface area (Å²) >= 11 is 0. The maximum Gasteiger partial charge on any atom is 0.335 e. The molecule has 2 heterocycles. The summed E-state index contributed by atoms with van der Waals surface area (Å²) in [7, 11) is 0. The van der Waals surface area contributed by atoms with Gasteiger partial charge in [-0.05, 0) is 12.1 Å². The van der Waals surface area contributed by atoms with Crippen molar-refractivity contribution in [1.29, 1.82) is 0 Å². The molecule has 0 unspecified atom stereocenters. The number of hydrogen-bond donors (Lipinski definition) is 1. The average Bonchev–Trinajstić information content (AvgIpc) is 2.55. The van der Waals surface area contributed by atoms with Gasteiger partial charge in [-0.3, -0.25) is 4.79 Å².